The molecule has 0 spiro atoms. The van der Waals surface area contributed by atoms with Crippen molar-refractivity contribution in [3.05, 3.63) is 21.4 Å². The van der Waals surface area contributed by atoms with Gasteiger partial charge in [0.2, 0.25) is 0 Å². The molecular formula is C13H21NOS. The molecule has 16 heavy (non-hydrogen) atoms. The molecule has 1 aliphatic carbocycles. The Morgan fingerprint density at radius 2 is 2.19 bits per heavy atom. The highest BCUT2D eigenvalue weighted by Crippen LogP contribution is 2.42. The van der Waals surface area contributed by atoms with Crippen LogP contribution in [0.15, 0.2) is 6.07 Å². The third kappa shape index (κ3) is 2.17. The monoisotopic (exact) mass is 239 g/mol. The first-order valence-corrected chi connectivity index (χ1v) is 6.76. The average Bonchev–Trinajstić information content (AvgIpc) is 2.51. The maximum atomic E-state index is 6.31. The highest BCUT2D eigenvalue weighted by molar-refractivity contribution is 7.12. The van der Waals surface area contributed by atoms with Crippen molar-refractivity contribution in [3.63, 3.8) is 0 Å². The van der Waals surface area contributed by atoms with Crippen LogP contribution in [-0.2, 0) is 4.74 Å². The topological polar surface area (TPSA) is 35.2 Å². The number of hydrogen-bond acceptors (Lipinski definition) is 3. The molecule has 1 unspecified atom stereocenters. The Hall–Kier alpha value is -0.380. The van der Waals surface area contributed by atoms with Crippen LogP contribution in [-0.4, -0.2) is 12.7 Å². The minimum Gasteiger partial charge on any atom is -0.378 e. The number of methoxy groups -OCH3 is 1. The summed E-state index contributed by atoms with van der Waals surface area (Å²) < 4.78 is 5.64. The van der Waals surface area contributed by atoms with Crippen molar-refractivity contribution in [2.75, 3.05) is 7.11 Å². The van der Waals surface area contributed by atoms with E-state index in [-0.39, 0.29) is 11.6 Å². The highest BCUT2D eigenvalue weighted by Gasteiger charge is 2.38. The van der Waals surface area contributed by atoms with Crippen LogP contribution in [0.1, 0.15) is 47.0 Å². The van der Waals surface area contributed by atoms with E-state index in [0.29, 0.717) is 0 Å². The van der Waals surface area contributed by atoms with Crippen LogP contribution >= 0.6 is 11.3 Å². The molecule has 1 aliphatic rings. The number of thiophene rings is 1. The van der Waals surface area contributed by atoms with Gasteiger partial charge in [0.25, 0.3) is 0 Å². The van der Waals surface area contributed by atoms with Gasteiger partial charge in [-0.25, -0.2) is 0 Å². The fourth-order valence-corrected chi connectivity index (χ4v) is 3.59. The van der Waals surface area contributed by atoms with Crippen LogP contribution in [0.2, 0.25) is 0 Å². The molecule has 0 amide bonds. The van der Waals surface area contributed by atoms with Gasteiger partial charge in [0.05, 0.1) is 5.60 Å². The zero-order chi connectivity index (χ0) is 11.8. The molecule has 0 aliphatic heterocycles. The van der Waals surface area contributed by atoms with Crippen LogP contribution < -0.4 is 5.73 Å². The van der Waals surface area contributed by atoms with Gasteiger partial charge >= 0.3 is 0 Å². The van der Waals surface area contributed by atoms with E-state index in [2.05, 4.69) is 19.9 Å². The number of ether oxygens (including phenoxy) is 1. The highest BCUT2D eigenvalue weighted by atomic mass is 32.1. The van der Waals surface area contributed by atoms with Crippen molar-refractivity contribution in [1.29, 1.82) is 0 Å². The third-order valence-corrected chi connectivity index (χ3v) is 4.75. The molecule has 1 aromatic rings. The Kier molecular flexibility index (Phi) is 3.38. The van der Waals surface area contributed by atoms with Crippen LogP contribution in [0.4, 0.5) is 0 Å². The molecule has 2 rings (SSSR count). The zero-order valence-electron chi connectivity index (χ0n) is 10.4. The van der Waals surface area contributed by atoms with E-state index in [9.17, 15) is 0 Å². The second-order valence-electron chi connectivity index (χ2n) is 4.92. The predicted molar refractivity (Wildman–Crippen MR) is 68.9 cm³/mol. The number of aryl methyl sites for hydroxylation is 2. The maximum Gasteiger partial charge on any atom is 0.0696 e. The van der Waals surface area contributed by atoms with Gasteiger partial charge in [-0.1, -0.05) is 0 Å². The molecule has 1 aromatic heterocycles. The molecule has 0 saturated heterocycles. The fourth-order valence-electron chi connectivity index (χ4n) is 2.59. The van der Waals surface area contributed by atoms with Crippen molar-refractivity contribution < 1.29 is 4.74 Å². The van der Waals surface area contributed by atoms with Crippen molar-refractivity contribution in [1.82, 2.24) is 0 Å². The molecular weight excluding hydrogens is 218 g/mol. The summed E-state index contributed by atoms with van der Waals surface area (Å²) in [5.74, 6) is 0. The molecule has 1 saturated carbocycles. The summed E-state index contributed by atoms with van der Waals surface area (Å²) in [5, 5.41) is 0. The van der Waals surface area contributed by atoms with Crippen molar-refractivity contribution in [2.45, 2.75) is 51.2 Å². The first kappa shape index (κ1) is 12.1. The smallest absolute Gasteiger partial charge is 0.0696 e. The minimum absolute atomic E-state index is 0.0711. The standard InChI is InChI=1S/C13H21NOS/c1-9-7-11(10(2)16-9)12(14)8-13(15-3)5-4-6-13/h7,12H,4-6,8,14H2,1-3H3. The summed E-state index contributed by atoms with van der Waals surface area (Å²) in [5.41, 5.74) is 7.69. The molecule has 1 fully saturated rings. The fraction of sp³-hybridized carbons (Fsp3) is 0.692. The van der Waals surface area contributed by atoms with Crippen LogP contribution in [0.25, 0.3) is 0 Å². The van der Waals surface area contributed by atoms with E-state index in [1.165, 1.54) is 34.6 Å². The number of hydrogen-bond donors (Lipinski definition) is 1. The predicted octanol–water partition coefficient (Wildman–Crippen LogP) is 3.32. The summed E-state index contributed by atoms with van der Waals surface area (Å²) >= 11 is 1.84. The summed E-state index contributed by atoms with van der Waals surface area (Å²) in [4.78, 5) is 2.71. The van der Waals surface area contributed by atoms with Gasteiger partial charge in [-0.2, -0.15) is 0 Å². The second-order valence-corrected chi connectivity index (χ2v) is 6.38. The molecule has 0 bridgehead atoms. The Morgan fingerprint density at radius 3 is 2.56 bits per heavy atom. The Bertz CT molecular complexity index is 362. The molecule has 0 radical (unpaired) electrons. The second kappa shape index (κ2) is 4.47. The normalized spacial score (nSPS) is 20.5. The third-order valence-electron chi connectivity index (χ3n) is 3.77. The minimum atomic E-state index is 0.0711. The molecule has 1 heterocycles. The van der Waals surface area contributed by atoms with Crippen molar-refractivity contribution in [3.8, 4) is 0 Å². The van der Waals surface area contributed by atoms with E-state index in [1.807, 2.05) is 18.4 Å². The van der Waals surface area contributed by atoms with Crippen molar-refractivity contribution in [2.24, 2.45) is 5.73 Å². The van der Waals surface area contributed by atoms with Gasteiger partial charge in [-0.05, 0) is 51.2 Å². The average molecular weight is 239 g/mol. The Morgan fingerprint density at radius 1 is 1.50 bits per heavy atom. The van der Waals surface area contributed by atoms with Gasteiger partial charge in [-0.3, -0.25) is 0 Å². The van der Waals surface area contributed by atoms with E-state index < -0.39 is 0 Å². The maximum absolute atomic E-state index is 6.31. The Labute approximate surface area is 102 Å². The molecule has 2 N–H and O–H groups in total. The van der Waals surface area contributed by atoms with Crippen LogP contribution in [0.5, 0.6) is 0 Å². The zero-order valence-corrected chi connectivity index (χ0v) is 11.2. The molecule has 0 aromatic carbocycles. The van der Waals surface area contributed by atoms with E-state index >= 15 is 0 Å². The van der Waals surface area contributed by atoms with Gasteiger partial charge < -0.3 is 10.5 Å². The quantitative estimate of drug-likeness (QED) is 0.874. The van der Waals surface area contributed by atoms with Gasteiger partial charge in [0.1, 0.15) is 0 Å². The lowest BCUT2D eigenvalue weighted by Crippen LogP contribution is -2.41. The van der Waals surface area contributed by atoms with E-state index in [1.54, 1.807) is 0 Å². The number of rotatable bonds is 4. The lowest BCUT2D eigenvalue weighted by atomic mass is 9.75. The largest absolute Gasteiger partial charge is 0.378 e. The van der Waals surface area contributed by atoms with Crippen LogP contribution in [0.3, 0.4) is 0 Å². The van der Waals surface area contributed by atoms with Gasteiger partial charge in [-0.15, -0.1) is 11.3 Å². The number of nitrogens with two attached hydrogens (primary N) is 1. The molecule has 1 atom stereocenters. The van der Waals surface area contributed by atoms with Crippen molar-refractivity contribution >= 4 is 11.3 Å². The molecule has 3 heteroatoms. The lowest BCUT2D eigenvalue weighted by Gasteiger charge is -2.42. The first-order chi connectivity index (χ1) is 7.56. The van der Waals surface area contributed by atoms with E-state index in [4.69, 9.17) is 10.5 Å². The molecule has 90 valence electrons. The van der Waals surface area contributed by atoms with Gasteiger partial charge in [0.15, 0.2) is 0 Å². The summed E-state index contributed by atoms with van der Waals surface area (Å²) in [6.45, 7) is 4.30. The first-order valence-electron chi connectivity index (χ1n) is 5.94. The van der Waals surface area contributed by atoms with E-state index in [0.717, 1.165) is 6.42 Å². The summed E-state index contributed by atoms with van der Waals surface area (Å²) in [7, 11) is 1.82. The summed E-state index contributed by atoms with van der Waals surface area (Å²) in [6, 6.07) is 2.36. The Balaban J connectivity index is 2.07. The van der Waals surface area contributed by atoms with Gasteiger partial charge in [0, 0.05) is 22.9 Å². The van der Waals surface area contributed by atoms with Crippen LogP contribution in [0, 0.1) is 13.8 Å². The SMILES string of the molecule is COC1(CC(N)c2cc(C)sc2C)CCC1. The lowest BCUT2D eigenvalue weighted by molar-refractivity contribution is -0.0817. The molecule has 2 nitrogen and oxygen atoms in total. The summed E-state index contributed by atoms with van der Waals surface area (Å²) in [6.07, 6.45) is 4.57.